The van der Waals surface area contributed by atoms with Crippen LogP contribution in [0.3, 0.4) is 0 Å². The van der Waals surface area contributed by atoms with Crippen LogP contribution in [0.1, 0.15) is 5.56 Å². The molecule has 0 radical (unpaired) electrons. The Morgan fingerprint density at radius 3 is 2.56 bits per heavy atom. The Hall–Kier alpha value is -2.28. The molecule has 0 unspecified atom stereocenters. The highest BCUT2D eigenvalue weighted by atomic mass is 19.1. The maximum absolute atomic E-state index is 13.6. The van der Waals surface area contributed by atoms with Crippen molar-refractivity contribution in [2.24, 2.45) is 5.84 Å². The van der Waals surface area contributed by atoms with Crippen molar-refractivity contribution in [3.63, 3.8) is 0 Å². The average Bonchev–Trinajstić information content (AvgIpc) is 2.36. The topological polar surface area (TPSA) is 75.9 Å². The number of nitrogens with two attached hydrogens (primary N) is 1. The fourth-order valence-corrected chi connectivity index (χ4v) is 1.38. The largest absolute Gasteiger partial charge is 0.336 e. The molecule has 4 N–H and O–H groups in total. The molecule has 0 saturated carbocycles. The number of hydrogen-bond acceptors (Lipinski definition) is 5. The summed E-state index contributed by atoms with van der Waals surface area (Å²) in [4.78, 5) is 7.82. The van der Waals surface area contributed by atoms with Crippen molar-refractivity contribution in [3.8, 4) is 0 Å². The number of aryl methyl sites for hydroxylation is 1. The Labute approximate surface area is 102 Å². The highest BCUT2D eigenvalue weighted by molar-refractivity contribution is 5.58. The summed E-state index contributed by atoms with van der Waals surface area (Å²) in [5.74, 6) is 4.67. The van der Waals surface area contributed by atoms with Crippen LogP contribution in [0.5, 0.6) is 0 Å². The summed E-state index contributed by atoms with van der Waals surface area (Å²) in [5.41, 5.74) is 2.53. The van der Waals surface area contributed by atoms with Gasteiger partial charge in [-0.1, -0.05) is 0 Å². The molecule has 0 aliphatic rings. The lowest BCUT2D eigenvalue weighted by Gasteiger charge is -2.08. The van der Waals surface area contributed by atoms with Gasteiger partial charge in [-0.15, -0.1) is 0 Å². The van der Waals surface area contributed by atoms with Crippen molar-refractivity contribution < 1.29 is 8.78 Å². The van der Waals surface area contributed by atoms with Crippen LogP contribution < -0.4 is 16.6 Å². The van der Waals surface area contributed by atoms with Gasteiger partial charge < -0.3 is 10.7 Å². The third-order valence-corrected chi connectivity index (χ3v) is 2.29. The van der Waals surface area contributed by atoms with Crippen LogP contribution in [0, 0.1) is 18.6 Å². The highest BCUT2D eigenvalue weighted by Crippen LogP contribution is 2.22. The number of hydrazine groups is 1. The minimum atomic E-state index is -0.568. The molecule has 0 amide bonds. The molecule has 0 atom stereocenters. The lowest BCUT2D eigenvalue weighted by Crippen LogP contribution is -2.09. The smallest absolute Gasteiger partial charge is 0.160 e. The second kappa shape index (κ2) is 4.92. The molecule has 1 heterocycles. The number of hydrogen-bond donors (Lipinski definition) is 3. The van der Waals surface area contributed by atoms with E-state index in [2.05, 4.69) is 20.7 Å². The monoisotopic (exact) mass is 251 g/mol. The lowest BCUT2D eigenvalue weighted by atomic mass is 10.2. The summed E-state index contributed by atoms with van der Waals surface area (Å²) < 4.78 is 26.9. The third kappa shape index (κ3) is 2.51. The van der Waals surface area contributed by atoms with E-state index < -0.39 is 11.6 Å². The number of anilines is 3. The minimum Gasteiger partial charge on any atom is -0.336 e. The van der Waals surface area contributed by atoms with E-state index in [9.17, 15) is 8.78 Å². The van der Waals surface area contributed by atoms with Gasteiger partial charge in [-0.25, -0.2) is 19.6 Å². The van der Waals surface area contributed by atoms with Crippen molar-refractivity contribution in [2.75, 3.05) is 10.7 Å². The molecule has 5 nitrogen and oxygen atoms in total. The van der Waals surface area contributed by atoms with E-state index in [-0.39, 0.29) is 17.1 Å². The molecule has 7 heteroatoms. The zero-order valence-corrected chi connectivity index (χ0v) is 9.54. The van der Waals surface area contributed by atoms with Crippen molar-refractivity contribution >= 4 is 17.3 Å². The average molecular weight is 251 g/mol. The van der Waals surface area contributed by atoms with Crippen LogP contribution in [0.2, 0.25) is 0 Å². The number of nitrogen functional groups attached to an aromatic ring is 1. The van der Waals surface area contributed by atoms with Crippen molar-refractivity contribution in [3.05, 3.63) is 41.7 Å². The summed E-state index contributed by atoms with van der Waals surface area (Å²) in [6.07, 6.45) is 2.77. The van der Waals surface area contributed by atoms with E-state index in [1.54, 1.807) is 0 Å². The molecule has 0 spiro atoms. The molecule has 0 aliphatic heterocycles. The maximum Gasteiger partial charge on any atom is 0.160 e. The van der Waals surface area contributed by atoms with Crippen LogP contribution >= 0.6 is 0 Å². The molecule has 1 aromatic heterocycles. The van der Waals surface area contributed by atoms with Crippen molar-refractivity contribution in [1.82, 2.24) is 9.97 Å². The second-order valence-corrected chi connectivity index (χ2v) is 3.64. The molecule has 0 bridgehead atoms. The van der Waals surface area contributed by atoms with E-state index in [4.69, 9.17) is 5.84 Å². The van der Waals surface area contributed by atoms with E-state index in [0.29, 0.717) is 5.82 Å². The number of aromatic nitrogens is 2. The van der Waals surface area contributed by atoms with Crippen LogP contribution in [0.25, 0.3) is 0 Å². The number of halogens is 2. The van der Waals surface area contributed by atoms with Gasteiger partial charge in [0.25, 0.3) is 0 Å². The second-order valence-electron chi connectivity index (χ2n) is 3.64. The van der Waals surface area contributed by atoms with Crippen LogP contribution in [-0.2, 0) is 0 Å². The quantitative estimate of drug-likeness (QED) is 0.575. The van der Waals surface area contributed by atoms with Gasteiger partial charge in [0.05, 0.1) is 18.1 Å². The van der Waals surface area contributed by atoms with E-state index in [1.807, 2.05) is 0 Å². The number of nitrogens with zero attached hydrogens (tertiary/aromatic N) is 2. The van der Waals surface area contributed by atoms with Gasteiger partial charge in [0, 0.05) is 6.07 Å². The maximum atomic E-state index is 13.6. The fourth-order valence-electron chi connectivity index (χ4n) is 1.38. The van der Waals surface area contributed by atoms with Crippen LogP contribution in [-0.4, -0.2) is 9.97 Å². The number of benzene rings is 1. The molecule has 0 aliphatic carbocycles. The third-order valence-electron chi connectivity index (χ3n) is 2.29. The standard InChI is InChI=1S/C11H11F2N5/c1-6-2-8(13)9(3-7(6)12)16-10-4-15-5-11(17-10)18-14/h2-5H,14H2,1H3,(H2,16,17,18). The first-order chi connectivity index (χ1) is 8.60. The SMILES string of the molecule is Cc1cc(F)c(Nc2cncc(NN)n2)cc1F. The van der Waals surface area contributed by atoms with Gasteiger partial charge in [0.2, 0.25) is 0 Å². The first kappa shape index (κ1) is 12.2. The molecule has 94 valence electrons. The molecular weight excluding hydrogens is 240 g/mol. The van der Waals surface area contributed by atoms with Gasteiger partial charge in [-0.2, -0.15) is 0 Å². The molecule has 0 saturated heterocycles. The molecule has 18 heavy (non-hydrogen) atoms. The number of nitrogens with one attached hydrogen (secondary N) is 2. The predicted octanol–water partition coefficient (Wildman–Crippen LogP) is 2.09. The van der Waals surface area contributed by atoms with Gasteiger partial charge >= 0.3 is 0 Å². The predicted molar refractivity (Wildman–Crippen MR) is 64.2 cm³/mol. The zero-order valence-electron chi connectivity index (χ0n) is 9.54. The normalized spacial score (nSPS) is 10.2. The van der Waals surface area contributed by atoms with Gasteiger partial charge in [0.1, 0.15) is 11.6 Å². The first-order valence-electron chi connectivity index (χ1n) is 5.11. The summed E-state index contributed by atoms with van der Waals surface area (Å²) >= 11 is 0. The van der Waals surface area contributed by atoms with E-state index >= 15 is 0 Å². The summed E-state index contributed by atoms with van der Waals surface area (Å²) in [7, 11) is 0. The Balaban J connectivity index is 2.30. The van der Waals surface area contributed by atoms with Crippen LogP contribution in [0.4, 0.5) is 26.1 Å². The molecule has 2 rings (SSSR count). The Kier molecular flexibility index (Phi) is 3.33. The Bertz CT molecular complexity index is 573. The van der Waals surface area contributed by atoms with Crippen LogP contribution in [0.15, 0.2) is 24.5 Å². The fraction of sp³-hybridized carbons (Fsp3) is 0.0909. The summed E-state index contributed by atoms with van der Waals surface area (Å²) in [5, 5.41) is 2.63. The Morgan fingerprint density at radius 1 is 1.11 bits per heavy atom. The lowest BCUT2D eigenvalue weighted by molar-refractivity contribution is 0.595. The van der Waals surface area contributed by atoms with Gasteiger partial charge in [-0.3, -0.25) is 4.98 Å². The molecule has 2 aromatic rings. The summed E-state index contributed by atoms with van der Waals surface area (Å²) in [6, 6.07) is 2.17. The van der Waals surface area contributed by atoms with Gasteiger partial charge in [-0.05, 0) is 18.6 Å². The van der Waals surface area contributed by atoms with Crippen molar-refractivity contribution in [1.29, 1.82) is 0 Å². The molecule has 0 fully saturated rings. The van der Waals surface area contributed by atoms with E-state index in [0.717, 1.165) is 12.1 Å². The van der Waals surface area contributed by atoms with Gasteiger partial charge in [0.15, 0.2) is 11.6 Å². The van der Waals surface area contributed by atoms with Crippen molar-refractivity contribution in [2.45, 2.75) is 6.92 Å². The molecule has 1 aromatic carbocycles. The zero-order chi connectivity index (χ0) is 13.1. The Morgan fingerprint density at radius 2 is 1.83 bits per heavy atom. The summed E-state index contributed by atoms with van der Waals surface area (Å²) in [6.45, 7) is 1.49. The van der Waals surface area contributed by atoms with E-state index in [1.165, 1.54) is 19.3 Å². The number of rotatable bonds is 3. The highest BCUT2D eigenvalue weighted by Gasteiger charge is 2.08. The minimum absolute atomic E-state index is 0.0124. The first-order valence-corrected chi connectivity index (χ1v) is 5.11. The molecular formula is C11H11F2N5.